The molecule has 0 spiro atoms. The van der Waals surface area contributed by atoms with Gasteiger partial charge in [0.05, 0.1) is 0 Å². The zero-order valence-electron chi connectivity index (χ0n) is 12.9. The van der Waals surface area contributed by atoms with Gasteiger partial charge in [-0.25, -0.2) is 0 Å². The van der Waals surface area contributed by atoms with Gasteiger partial charge in [0.15, 0.2) is 0 Å². The van der Waals surface area contributed by atoms with Crippen molar-refractivity contribution in [3.8, 4) is 0 Å². The number of rotatable bonds is 1. The summed E-state index contributed by atoms with van der Waals surface area (Å²) in [5.74, 6) is 0. The predicted octanol–water partition coefficient (Wildman–Crippen LogP) is 2.77. The molecule has 1 aliphatic rings. The Morgan fingerprint density at radius 3 is 1.35 bits per heavy atom. The number of hydrogen-bond donors (Lipinski definition) is 2. The molecule has 0 atom stereocenters. The molecule has 1 aliphatic heterocycles. The highest BCUT2D eigenvalue weighted by atomic mass is 28.4. The van der Waals surface area contributed by atoms with Crippen molar-refractivity contribution in [1.29, 1.82) is 0 Å². The highest BCUT2D eigenvalue weighted by molar-refractivity contribution is 6.88. The molecule has 1 fully saturated rings. The van der Waals surface area contributed by atoms with Crippen LogP contribution in [0.3, 0.4) is 0 Å². The molecule has 1 saturated heterocycles. The van der Waals surface area contributed by atoms with E-state index < -0.39 is 18.2 Å². The van der Waals surface area contributed by atoms with Crippen LogP contribution < -0.4 is 10.1 Å². The van der Waals surface area contributed by atoms with Crippen molar-refractivity contribution in [3.63, 3.8) is 0 Å². The van der Waals surface area contributed by atoms with Gasteiger partial charge < -0.3 is 4.65 Å². The molecule has 0 saturated carbocycles. The van der Waals surface area contributed by atoms with Crippen LogP contribution in [0.2, 0.25) is 10.1 Å². The quantitative estimate of drug-likeness (QED) is 0.718. The van der Waals surface area contributed by atoms with Crippen LogP contribution >= 0.6 is 0 Å². The van der Waals surface area contributed by atoms with Gasteiger partial charge in [0.2, 0.25) is 18.2 Å². The minimum Gasteiger partial charge on any atom is -0.334 e. The molecule has 2 radical (unpaired) electrons. The Morgan fingerprint density at radius 1 is 0.765 bits per heavy atom. The predicted molar refractivity (Wildman–Crippen MR) is 78.8 cm³/mol. The molecule has 0 aromatic rings. The van der Waals surface area contributed by atoms with Crippen molar-refractivity contribution in [2.75, 3.05) is 0 Å². The summed E-state index contributed by atoms with van der Waals surface area (Å²) < 4.78 is 6.51. The minimum absolute atomic E-state index is 0.157. The van der Waals surface area contributed by atoms with E-state index in [2.05, 4.69) is 76.7 Å². The van der Waals surface area contributed by atoms with Crippen LogP contribution in [0.1, 0.15) is 62.3 Å². The lowest BCUT2D eigenvalue weighted by Crippen LogP contribution is -2.85. The molecule has 0 unspecified atom stereocenters. The number of hydrogen-bond acceptors (Lipinski definition) is 3. The fraction of sp³-hybridized carbons (Fsp3) is 1.00. The molecule has 17 heavy (non-hydrogen) atoms. The third-order valence-electron chi connectivity index (χ3n) is 2.55. The van der Waals surface area contributed by atoms with E-state index in [4.69, 9.17) is 0 Å². The van der Waals surface area contributed by atoms with Gasteiger partial charge in [-0.1, -0.05) is 41.5 Å². The maximum atomic E-state index is 3.90. The summed E-state index contributed by atoms with van der Waals surface area (Å²) in [7, 11) is -1.30. The molecule has 0 aliphatic carbocycles. The molecule has 1 heterocycles. The van der Waals surface area contributed by atoms with Gasteiger partial charge in [-0.2, -0.15) is 0 Å². The Hall–Kier alpha value is 0.314. The molecule has 0 amide bonds. The smallest absolute Gasteiger partial charge is 0.234 e. The summed E-state index contributed by atoms with van der Waals surface area (Å²) in [6.45, 7) is 20.8. The van der Waals surface area contributed by atoms with Gasteiger partial charge in [0.1, 0.15) is 0 Å². The van der Waals surface area contributed by atoms with Gasteiger partial charge in [-0.3, -0.25) is 9.77 Å². The van der Waals surface area contributed by atoms with Crippen LogP contribution in [-0.4, -0.2) is 28.1 Å². The van der Waals surface area contributed by atoms with Crippen molar-refractivity contribution >= 4 is 18.2 Å². The molecule has 0 bridgehead atoms. The first-order valence-electron chi connectivity index (χ1n) is 6.42. The largest absolute Gasteiger partial charge is 0.334 e. The zero-order valence-corrected chi connectivity index (χ0v) is 14.9. The highest BCUT2D eigenvalue weighted by Crippen LogP contribution is 2.39. The van der Waals surface area contributed by atoms with Crippen LogP contribution in [0.5, 0.6) is 0 Å². The first-order valence-corrected chi connectivity index (χ1v) is 9.32. The van der Waals surface area contributed by atoms with Crippen LogP contribution in [-0.2, 0) is 0 Å². The maximum Gasteiger partial charge on any atom is 0.234 e. The SMILES string of the molecule is CC(C)(C)NN1[Si](C(C)(C)C)N[Si]1C(C)(C)C. The molecule has 2 N–H and O–H groups in total. The Morgan fingerprint density at radius 2 is 1.12 bits per heavy atom. The monoisotopic (exact) mass is 271 g/mol. The molecule has 3 nitrogen and oxygen atoms in total. The van der Waals surface area contributed by atoms with E-state index in [1.807, 2.05) is 0 Å². The second kappa shape index (κ2) is 4.45. The van der Waals surface area contributed by atoms with E-state index in [9.17, 15) is 0 Å². The normalized spacial score (nSPS) is 21.7. The summed E-state index contributed by atoms with van der Waals surface area (Å²) in [6, 6.07) is 0. The lowest BCUT2D eigenvalue weighted by molar-refractivity contribution is 0.273. The average molecular weight is 272 g/mol. The average Bonchev–Trinajstić information content (AvgIpc) is 1.90. The Bertz CT molecular complexity index is 253. The second-order valence-corrected chi connectivity index (χ2v) is 14.8. The van der Waals surface area contributed by atoms with Gasteiger partial charge in [-0.05, 0) is 30.8 Å². The Kier molecular flexibility index (Phi) is 4.03. The molecular weight excluding hydrogens is 242 g/mol. The van der Waals surface area contributed by atoms with E-state index in [1.54, 1.807) is 0 Å². The van der Waals surface area contributed by atoms with Crippen LogP contribution in [0, 0.1) is 0 Å². The van der Waals surface area contributed by atoms with Crippen molar-refractivity contribution < 1.29 is 0 Å². The second-order valence-electron chi connectivity index (χ2n) is 8.02. The van der Waals surface area contributed by atoms with Gasteiger partial charge in [0.25, 0.3) is 0 Å². The van der Waals surface area contributed by atoms with E-state index in [0.29, 0.717) is 10.1 Å². The first kappa shape index (κ1) is 15.4. The van der Waals surface area contributed by atoms with E-state index >= 15 is 0 Å². The maximum absolute atomic E-state index is 3.90. The highest BCUT2D eigenvalue weighted by Gasteiger charge is 2.54. The lowest BCUT2D eigenvalue weighted by Gasteiger charge is -2.57. The number of hydrazine groups is 1. The molecule has 0 aromatic carbocycles. The van der Waals surface area contributed by atoms with E-state index in [1.165, 1.54) is 0 Å². The third-order valence-corrected chi connectivity index (χ3v) is 9.75. The van der Waals surface area contributed by atoms with Crippen LogP contribution in [0.25, 0.3) is 0 Å². The summed E-state index contributed by atoms with van der Waals surface area (Å²) in [5, 5.41) is 0.727. The summed E-state index contributed by atoms with van der Waals surface area (Å²) in [4.78, 5) is 0. The first-order chi connectivity index (χ1) is 7.32. The van der Waals surface area contributed by atoms with Crippen molar-refractivity contribution in [2.24, 2.45) is 0 Å². The number of nitrogens with one attached hydrogen (secondary N) is 2. The molecular formula is C12H29N3Si2. The van der Waals surface area contributed by atoms with Crippen LogP contribution in [0.4, 0.5) is 0 Å². The standard InChI is InChI=1S/C12H29N3Si2/c1-10(2,3)13-15-16(11(4,5)6)14-17(15)12(7,8)9/h13-14H,1-9H3. The third kappa shape index (κ3) is 3.89. The molecule has 1 rings (SSSR count). The van der Waals surface area contributed by atoms with Crippen LogP contribution in [0.15, 0.2) is 0 Å². The Balaban J connectivity index is 2.81. The van der Waals surface area contributed by atoms with Crippen molar-refractivity contribution in [2.45, 2.75) is 77.9 Å². The van der Waals surface area contributed by atoms with Crippen molar-refractivity contribution in [3.05, 3.63) is 0 Å². The molecule has 0 aromatic heterocycles. The molecule has 5 heteroatoms. The van der Waals surface area contributed by atoms with Crippen molar-refractivity contribution in [1.82, 2.24) is 14.4 Å². The fourth-order valence-electron chi connectivity index (χ4n) is 1.78. The fourth-order valence-corrected chi connectivity index (χ4v) is 11.3. The topological polar surface area (TPSA) is 27.3 Å². The Labute approximate surface area is 111 Å². The summed E-state index contributed by atoms with van der Waals surface area (Å²) in [6.07, 6.45) is 0. The van der Waals surface area contributed by atoms with E-state index in [-0.39, 0.29) is 5.54 Å². The van der Waals surface area contributed by atoms with E-state index in [0.717, 1.165) is 0 Å². The minimum atomic E-state index is -0.648. The number of nitrogens with zero attached hydrogens (tertiary/aromatic N) is 1. The lowest BCUT2D eigenvalue weighted by atomic mass is 10.1. The summed E-state index contributed by atoms with van der Waals surface area (Å²) in [5.41, 5.74) is 3.89. The zero-order chi connectivity index (χ0) is 13.6. The molecule has 100 valence electrons. The van der Waals surface area contributed by atoms with Gasteiger partial charge in [-0.15, -0.1) is 0 Å². The van der Waals surface area contributed by atoms with Gasteiger partial charge in [0, 0.05) is 5.54 Å². The van der Waals surface area contributed by atoms with Gasteiger partial charge >= 0.3 is 0 Å². The summed E-state index contributed by atoms with van der Waals surface area (Å²) >= 11 is 0.